The molecule has 3 rings (SSSR count). The zero-order valence-electron chi connectivity index (χ0n) is 13.3. The van der Waals surface area contributed by atoms with Crippen molar-refractivity contribution in [1.82, 2.24) is 19.1 Å². The second-order valence-electron chi connectivity index (χ2n) is 5.68. The van der Waals surface area contributed by atoms with Crippen molar-refractivity contribution in [2.24, 2.45) is 7.05 Å². The van der Waals surface area contributed by atoms with Crippen LogP contribution in [0.15, 0.2) is 11.1 Å². The van der Waals surface area contributed by atoms with Crippen molar-refractivity contribution in [2.45, 2.75) is 31.5 Å². The number of phosphoric ester groups is 1. The number of fused-ring (bicyclic) bond motifs is 1. The van der Waals surface area contributed by atoms with E-state index in [-0.39, 0.29) is 16.7 Å². The summed E-state index contributed by atoms with van der Waals surface area (Å²) in [5.41, 5.74) is -0.155. The number of ether oxygens (including phenoxy) is 1. The van der Waals surface area contributed by atoms with Crippen molar-refractivity contribution in [1.29, 1.82) is 0 Å². The molecule has 0 aromatic carbocycles. The molecule has 2 aromatic rings. The van der Waals surface area contributed by atoms with Crippen LogP contribution in [0.4, 0.5) is 0 Å². The van der Waals surface area contributed by atoms with Crippen LogP contribution < -0.4 is 5.56 Å². The third-order valence-electron chi connectivity index (χ3n) is 4.05. The Hall–Kier alpha value is -1.66. The minimum Gasteiger partial charge on any atom is -0.387 e. The van der Waals surface area contributed by atoms with Crippen LogP contribution in [0.25, 0.3) is 11.2 Å². The number of aromatic nitrogens is 4. The predicted molar refractivity (Wildman–Crippen MR) is 81.4 cm³/mol. The highest BCUT2D eigenvalue weighted by atomic mass is 31.2. The highest BCUT2D eigenvalue weighted by molar-refractivity contribution is 7.46. The summed E-state index contributed by atoms with van der Waals surface area (Å²) in [6.45, 7) is 0.996. The zero-order chi connectivity index (χ0) is 18.5. The minimum atomic E-state index is -4.75. The van der Waals surface area contributed by atoms with Crippen LogP contribution in [0.1, 0.15) is 12.1 Å². The standard InChI is InChI=1S/C12H17N4O8P/c1-5-14-10-7(11(19)15(5)2)13-4-16(10)12-9(18)8(17)6(24-12)3-23-25(20,21)22/h4,6,8-9,12,17-18H,3H2,1-2H3,(H2,20,21,22)/t6-,8-,9-,12-/m1/s1. The van der Waals surface area contributed by atoms with Gasteiger partial charge in [-0.1, -0.05) is 0 Å². The van der Waals surface area contributed by atoms with Crippen molar-refractivity contribution in [3.63, 3.8) is 0 Å². The molecule has 1 aliphatic heterocycles. The fourth-order valence-electron chi connectivity index (χ4n) is 2.60. The second kappa shape index (κ2) is 6.25. The molecule has 1 fully saturated rings. The van der Waals surface area contributed by atoms with Gasteiger partial charge in [0, 0.05) is 7.05 Å². The van der Waals surface area contributed by atoms with Crippen LogP contribution in [-0.2, 0) is 20.9 Å². The first-order valence-corrected chi connectivity index (χ1v) is 8.75. The topological polar surface area (TPSA) is 169 Å². The first kappa shape index (κ1) is 18.1. The Bertz CT molecular complexity index is 904. The molecule has 12 nitrogen and oxygen atoms in total. The summed E-state index contributed by atoms with van der Waals surface area (Å²) in [6, 6.07) is 0. The van der Waals surface area contributed by atoms with E-state index in [2.05, 4.69) is 14.5 Å². The summed E-state index contributed by atoms with van der Waals surface area (Å²) in [6.07, 6.45) is -3.98. The third-order valence-corrected chi connectivity index (χ3v) is 4.53. The lowest BCUT2D eigenvalue weighted by Gasteiger charge is -2.17. The molecule has 0 unspecified atom stereocenters. The van der Waals surface area contributed by atoms with E-state index in [0.717, 1.165) is 0 Å². The van der Waals surface area contributed by atoms with E-state index >= 15 is 0 Å². The Labute approximate surface area is 140 Å². The zero-order valence-corrected chi connectivity index (χ0v) is 14.1. The van der Waals surface area contributed by atoms with E-state index in [1.54, 1.807) is 14.0 Å². The van der Waals surface area contributed by atoms with E-state index in [1.807, 2.05) is 0 Å². The Morgan fingerprint density at radius 1 is 1.36 bits per heavy atom. The number of aliphatic hydroxyl groups is 2. The van der Waals surface area contributed by atoms with Crippen molar-refractivity contribution in [3.05, 3.63) is 22.5 Å². The fourth-order valence-corrected chi connectivity index (χ4v) is 2.94. The summed E-state index contributed by atoms with van der Waals surface area (Å²) in [4.78, 5) is 37.9. The summed E-state index contributed by atoms with van der Waals surface area (Å²) in [5, 5.41) is 20.2. The predicted octanol–water partition coefficient (Wildman–Crippen LogP) is -1.83. The Morgan fingerprint density at radius 2 is 2.04 bits per heavy atom. The molecule has 0 spiro atoms. The molecular weight excluding hydrogens is 359 g/mol. The molecule has 0 saturated carbocycles. The summed E-state index contributed by atoms with van der Waals surface area (Å²) >= 11 is 0. The van der Waals surface area contributed by atoms with Gasteiger partial charge in [0.1, 0.15) is 24.1 Å². The maximum Gasteiger partial charge on any atom is 0.469 e. The summed E-state index contributed by atoms with van der Waals surface area (Å²) in [5.74, 6) is 0.411. The van der Waals surface area contributed by atoms with Crippen LogP contribution in [0.2, 0.25) is 0 Å². The number of nitrogens with zero attached hydrogens (tertiary/aromatic N) is 4. The molecule has 0 aliphatic carbocycles. The average molecular weight is 376 g/mol. The number of phosphoric acid groups is 1. The van der Waals surface area contributed by atoms with E-state index in [1.165, 1.54) is 15.5 Å². The monoisotopic (exact) mass is 376 g/mol. The fraction of sp³-hybridized carbons (Fsp3) is 0.583. The number of rotatable bonds is 4. The number of aliphatic hydroxyl groups excluding tert-OH is 2. The van der Waals surface area contributed by atoms with E-state index < -0.39 is 39.0 Å². The largest absolute Gasteiger partial charge is 0.469 e. The van der Waals surface area contributed by atoms with Crippen molar-refractivity contribution in [3.8, 4) is 0 Å². The Balaban J connectivity index is 1.93. The molecule has 0 bridgehead atoms. The summed E-state index contributed by atoms with van der Waals surface area (Å²) < 4.78 is 23.1. The average Bonchev–Trinajstić information content (AvgIpc) is 3.05. The maximum absolute atomic E-state index is 12.2. The molecule has 1 aliphatic rings. The van der Waals surface area contributed by atoms with Crippen LogP contribution in [0.3, 0.4) is 0 Å². The van der Waals surface area contributed by atoms with Crippen molar-refractivity contribution in [2.75, 3.05) is 6.61 Å². The molecule has 3 heterocycles. The van der Waals surface area contributed by atoms with E-state index in [9.17, 15) is 19.6 Å². The number of aryl methyl sites for hydroxylation is 1. The van der Waals surface area contributed by atoms with Crippen molar-refractivity contribution >= 4 is 19.0 Å². The quantitative estimate of drug-likeness (QED) is 0.445. The second-order valence-corrected chi connectivity index (χ2v) is 6.92. The van der Waals surface area contributed by atoms with Gasteiger partial charge in [-0.05, 0) is 6.92 Å². The Morgan fingerprint density at radius 3 is 2.68 bits per heavy atom. The molecule has 4 N–H and O–H groups in total. The molecule has 138 valence electrons. The molecule has 25 heavy (non-hydrogen) atoms. The van der Waals surface area contributed by atoms with Crippen LogP contribution in [0.5, 0.6) is 0 Å². The van der Waals surface area contributed by atoms with Crippen LogP contribution in [-0.4, -0.2) is 64.0 Å². The highest BCUT2D eigenvalue weighted by Crippen LogP contribution is 2.38. The lowest BCUT2D eigenvalue weighted by atomic mass is 10.1. The van der Waals surface area contributed by atoms with Gasteiger partial charge in [-0.3, -0.25) is 18.5 Å². The molecule has 0 amide bonds. The lowest BCUT2D eigenvalue weighted by Crippen LogP contribution is -2.33. The molecule has 1 saturated heterocycles. The van der Waals surface area contributed by atoms with Gasteiger partial charge in [0.25, 0.3) is 5.56 Å². The highest BCUT2D eigenvalue weighted by Gasteiger charge is 2.45. The number of hydrogen-bond acceptors (Lipinski definition) is 8. The van der Waals surface area contributed by atoms with Crippen LogP contribution >= 0.6 is 7.82 Å². The van der Waals surface area contributed by atoms with Gasteiger partial charge >= 0.3 is 7.82 Å². The minimum absolute atomic E-state index is 0.0632. The van der Waals surface area contributed by atoms with Gasteiger partial charge in [-0.2, -0.15) is 0 Å². The van der Waals surface area contributed by atoms with Crippen LogP contribution in [0, 0.1) is 6.92 Å². The summed E-state index contributed by atoms with van der Waals surface area (Å²) in [7, 11) is -3.21. The number of hydrogen-bond donors (Lipinski definition) is 4. The smallest absolute Gasteiger partial charge is 0.387 e. The van der Waals surface area contributed by atoms with E-state index in [0.29, 0.717) is 5.82 Å². The van der Waals surface area contributed by atoms with E-state index in [4.69, 9.17) is 14.5 Å². The van der Waals surface area contributed by atoms with Gasteiger partial charge in [0.05, 0.1) is 12.9 Å². The molecule has 0 radical (unpaired) electrons. The third kappa shape index (κ3) is 3.25. The maximum atomic E-state index is 12.2. The normalized spacial score (nSPS) is 27.3. The molecular formula is C12H17N4O8P. The Kier molecular flexibility index (Phi) is 4.54. The molecule has 4 atom stereocenters. The molecule has 13 heteroatoms. The SMILES string of the molecule is Cc1nc2c(ncn2[C@@H]2O[C@H](COP(=O)(O)O)[C@@H](O)[C@H]2O)c(=O)n1C. The van der Waals surface area contributed by atoms with Gasteiger partial charge in [0.2, 0.25) is 0 Å². The van der Waals surface area contributed by atoms with Crippen molar-refractivity contribution < 1.29 is 33.8 Å². The first-order valence-electron chi connectivity index (χ1n) is 7.22. The van der Waals surface area contributed by atoms with Gasteiger partial charge in [-0.15, -0.1) is 0 Å². The van der Waals surface area contributed by atoms with Gasteiger partial charge < -0.3 is 24.7 Å². The van der Waals surface area contributed by atoms with Gasteiger partial charge in [-0.25, -0.2) is 14.5 Å². The molecule has 2 aromatic heterocycles. The number of imidazole rings is 1. The first-order chi connectivity index (χ1) is 11.6. The lowest BCUT2D eigenvalue weighted by molar-refractivity contribution is -0.0504. The van der Waals surface area contributed by atoms with Gasteiger partial charge in [0.15, 0.2) is 17.4 Å².